The highest BCUT2D eigenvalue weighted by Crippen LogP contribution is 2.14. The second kappa shape index (κ2) is 6.36. The number of hydrogen-bond acceptors (Lipinski definition) is 4. The molecule has 1 saturated heterocycles. The fraction of sp³-hybridized carbons (Fsp3) is 0.500. The molecule has 2 aromatic rings. The molecule has 2 heterocycles. The average molecular weight is 304 g/mol. The summed E-state index contributed by atoms with van der Waals surface area (Å²) < 4.78 is 12.2. The molecule has 1 fully saturated rings. The molecule has 22 heavy (non-hydrogen) atoms. The van der Waals surface area contributed by atoms with Gasteiger partial charge in [0.2, 0.25) is 5.91 Å². The summed E-state index contributed by atoms with van der Waals surface area (Å²) in [6.07, 6.45) is 2.05. The van der Waals surface area contributed by atoms with E-state index in [0.717, 1.165) is 24.8 Å². The minimum atomic E-state index is -0.397. The van der Waals surface area contributed by atoms with E-state index in [1.54, 1.807) is 10.6 Å². The van der Waals surface area contributed by atoms with E-state index in [2.05, 4.69) is 5.32 Å². The van der Waals surface area contributed by atoms with Crippen molar-refractivity contribution in [2.45, 2.75) is 44.9 Å². The van der Waals surface area contributed by atoms with E-state index in [-0.39, 0.29) is 18.1 Å². The summed E-state index contributed by atoms with van der Waals surface area (Å²) in [5.74, 6) is -0.490. The summed E-state index contributed by atoms with van der Waals surface area (Å²) in [7, 11) is 0. The predicted octanol–water partition coefficient (Wildman–Crippen LogP) is 1.67. The van der Waals surface area contributed by atoms with Crippen LogP contribution in [0.25, 0.3) is 11.1 Å². The van der Waals surface area contributed by atoms with Gasteiger partial charge in [0, 0.05) is 19.2 Å². The Morgan fingerprint density at radius 3 is 3.00 bits per heavy atom. The first-order valence-electron chi connectivity index (χ1n) is 7.69. The maximum Gasteiger partial charge on any atom is 0.420 e. The molecule has 0 unspecified atom stereocenters. The number of nitrogens with zero attached hydrogens (tertiary/aromatic N) is 1. The van der Waals surface area contributed by atoms with Gasteiger partial charge in [0.1, 0.15) is 6.10 Å². The molecule has 0 spiro atoms. The molecule has 1 amide bonds. The predicted molar refractivity (Wildman–Crippen MR) is 81.7 cm³/mol. The van der Waals surface area contributed by atoms with E-state index >= 15 is 0 Å². The Balaban J connectivity index is 1.75. The third-order valence-corrected chi connectivity index (χ3v) is 4.04. The highest BCUT2D eigenvalue weighted by molar-refractivity contribution is 5.81. The summed E-state index contributed by atoms with van der Waals surface area (Å²) in [6.45, 7) is 3.01. The second-order valence-electron chi connectivity index (χ2n) is 5.56. The number of amides is 1. The number of para-hydroxylation sites is 2. The van der Waals surface area contributed by atoms with Crippen LogP contribution in [0.15, 0.2) is 33.5 Å². The van der Waals surface area contributed by atoms with Crippen LogP contribution in [0, 0.1) is 0 Å². The van der Waals surface area contributed by atoms with Crippen molar-refractivity contribution in [1.82, 2.24) is 9.88 Å². The van der Waals surface area contributed by atoms with Crippen LogP contribution in [0.5, 0.6) is 0 Å². The Hall–Kier alpha value is -2.08. The summed E-state index contributed by atoms with van der Waals surface area (Å²) in [6, 6.07) is 7.16. The number of rotatable bonds is 5. The smallest absolute Gasteiger partial charge is 0.408 e. The van der Waals surface area contributed by atoms with Crippen LogP contribution in [-0.4, -0.2) is 29.2 Å². The Morgan fingerprint density at radius 2 is 2.27 bits per heavy atom. The first-order valence-corrected chi connectivity index (χ1v) is 7.69. The molecule has 1 aliphatic heterocycles. The number of nitrogens with one attached hydrogen (secondary N) is 1. The Bertz CT molecular complexity index is 712. The zero-order valence-corrected chi connectivity index (χ0v) is 12.6. The van der Waals surface area contributed by atoms with E-state index in [4.69, 9.17) is 9.15 Å². The first kappa shape index (κ1) is 14.8. The van der Waals surface area contributed by atoms with Crippen LogP contribution in [0.1, 0.15) is 26.2 Å². The number of fused-ring (bicyclic) bond motifs is 1. The lowest BCUT2D eigenvalue weighted by Gasteiger charge is -2.19. The zero-order chi connectivity index (χ0) is 15.5. The number of hydrogen-bond donors (Lipinski definition) is 1. The van der Waals surface area contributed by atoms with Crippen LogP contribution in [0.4, 0.5) is 0 Å². The van der Waals surface area contributed by atoms with Crippen molar-refractivity contribution >= 4 is 17.0 Å². The van der Waals surface area contributed by atoms with Gasteiger partial charge in [-0.2, -0.15) is 0 Å². The standard InChI is InChI=1S/C16H20N2O4/c1-2-11(17-15(19)14-8-5-9-21-14)10-18-12-6-3-4-7-13(12)22-16(18)20/h3-4,6-7,11,14H,2,5,8-10H2,1H3,(H,17,19)/t11-,14-/m1/s1. The van der Waals surface area contributed by atoms with Gasteiger partial charge in [-0.25, -0.2) is 4.79 Å². The van der Waals surface area contributed by atoms with Gasteiger partial charge in [0.05, 0.1) is 5.52 Å². The Kier molecular flexibility index (Phi) is 4.29. The molecule has 6 nitrogen and oxygen atoms in total. The maximum atomic E-state index is 12.1. The molecule has 0 aliphatic carbocycles. The molecule has 0 bridgehead atoms. The molecular formula is C16H20N2O4. The van der Waals surface area contributed by atoms with Gasteiger partial charge in [-0.1, -0.05) is 19.1 Å². The van der Waals surface area contributed by atoms with E-state index in [1.807, 2.05) is 25.1 Å². The molecule has 6 heteroatoms. The number of aromatic nitrogens is 1. The van der Waals surface area contributed by atoms with E-state index in [0.29, 0.717) is 18.7 Å². The quantitative estimate of drug-likeness (QED) is 0.912. The third kappa shape index (κ3) is 2.92. The highest BCUT2D eigenvalue weighted by Gasteiger charge is 2.25. The maximum absolute atomic E-state index is 12.1. The monoisotopic (exact) mass is 304 g/mol. The Morgan fingerprint density at radius 1 is 1.45 bits per heavy atom. The molecule has 1 aromatic heterocycles. The SMILES string of the molecule is CC[C@H](Cn1c(=O)oc2ccccc21)NC(=O)[C@H]1CCCO1. The minimum absolute atomic E-state index is 0.0924. The number of oxazole rings is 1. The normalized spacial score (nSPS) is 19.4. The molecular weight excluding hydrogens is 284 g/mol. The molecule has 2 atom stereocenters. The fourth-order valence-electron chi connectivity index (χ4n) is 2.76. The largest absolute Gasteiger partial charge is 0.420 e. The lowest BCUT2D eigenvalue weighted by molar-refractivity contribution is -0.130. The van der Waals surface area contributed by atoms with Crippen LogP contribution in [0.3, 0.4) is 0 Å². The van der Waals surface area contributed by atoms with E-state index in [1.165, 1.54) is 0 Å². The van der Waals surface area contributed by atoms with Gasteiger partial charge in [-0.3, -0.25) is 9.36 Å². The summed E-state index contributed by atoms with van der Waals surface area (Å²) >= 11 is 0. The van der Waals surface area contributed by atoms with Crippen molar-refractivity contribution in [1.29, 1.82) is 0 Å². The third-order valence-electron chi connectivity index (χ3n) is 4.04. The average Bonchev–Trinajstić information content (AvgIpc) is 3.15. The van der Waals surface area contributed by atoms with E-state index < -0.39 is 5.76 Å². The van der Waals surface area contributed by atoms with Crippen molar-refractivity contribution in [2.75, 3.05) is 6.61 Å². The summed E-state index contributed by atoms with van der Waals surface area (Å²) in [4.78, 5) is 24.1. The number of ether oxygens (including phenoxy) is 1. The van der Waals surface area contributed by atoms with Crippen molar-refractivity contribution < 1.29 is 13.9 Å². The Labute approximate surface area is 128 Å². The van der Waals surface area contributed by atoms with Crippen LogP contribution >= 0.6 is 0 Å². The highest BCUT2D eigenvalue weighted by atomic mass is 16.5. The first-order chi connectivity index (χ1) is 10.7. The molecule has 3 rings (SSSR count). The van der Waals surface area contributed by atoms with Gasteiger partial charge >= 0.3 is 5.76 Å². The molecule has 0 radical (unpaired) electrons. The number of carbonyl (C=O) groups excluding carboxylic acids is 1. The minimum Gasteiger partial charge on any atom is -0.408 e. The molecule has 1 aromatic carbocycles. The molecule has 1 N–H and O–H groups in total. The molecule has 0 saturated carbocycles. The lowest BCUT2D eigenvalue weighted by atomic mass is 10.1. The van der Waals surface area contributed by atoms with Gasteiger partial charge in [0.25, 0.3) is 0 Å². The van der Waals surface area contributed by atoms with Gasteiger partial charge in [-0.15, -0.1) is 0 Å². The lowest BCUT2D eigenvalue weighted by Crippen LogP contribution is -2.43. The molecule has 118 valence electrons. The number of carbonyl (C=O) groups is 1. The van der Waals surface area contributed by atoms with Crippen molar-refractivity contribution in [3.05, 3.63) is 34.8 Å². The topological polar surface area (TPSA) is 73.5 Å². The van der Waals surface area contributed by atoms with Crippen LogP contribution in [-0.2, 0) is 16.1 Å². The van der Waals surface area contributed by atoms with E-state index in [9.17, 15) is 9.59 Å². The van der Waals surface area contributed by atoms with Crippen LogP contribution in [0.2, 0.25) is 0 Å². The van der Waals surface area contributed by atoms with Gasteiger partial charge in [0.15, 0.2) is 5.58 Å². The van der Waals surface area contributed by atoms with Crippen molar-refractivity contribution in [3.63, 3.8) is 0 Å². The van der Waals surface area contributed by atoms with Crippen molar-refractivity contribution in [2.24, 2.45) is 0 Å². The van der Waals surface area contributed by atoms with Gasteiger partial charge < -0.3 is 14.5 Å². The summed E-state index contributed by atoms with van der Waals surface area (Å²) in [5.41, 5.74) is 1.31. The van der Waals surface area contributed by atoms with Crippen LogP contribution < -0.4 is 11.1 Å². The van der Waals surface area contributed by atoms with Gasteiger partial charge in [-0.05, 0) is 31.4 Å². The van der Waals surface area contributed by atoms with Crippen molar-refractivity contribution in [3.8, 4) is 0 Å². The zero-order valence-electron chi connectivity index (χ0n) is 12.6. The second-order valence-corrected chi connectivity index (χ2v) is 5.56. The summed E-state index contributed by atoms with van der Waals surface area (Å²) in [5, 5.41) is 2.97. The number of benzene rings is 1. The fourth-order valence-corrected chi connectivity index (χ4v) is 2.76. The molecule has 1 aliphatic rings.